The van der Waals surface area contributed by atoms with Crippen LogP contribution in [0.15, 0.2) is 54.6 Å². The molecular weight excluding hydrogens is 338 g/mol. The molecule has 3 nitrogen and oxygen atoms in total. The van der Waals surface area contributed by atoms with Gasteiger partial charge in [0, 0.05) is 44.3 Å². The number of nitrogens with one attached hydrogen (secondary N) is 1. The quantitative estimate of drug-likeness (QED) is 0.841. The first kappa shape index (κ1) is 17.2. The number of benzene rings is 2. The van der Waals surface area contributed by atoms with Gasteiger partial charge in [-0.15, -0.1) is 0 Å². The Kier molecular flexibility index (Phi) is 6.07. The lowest BCUT2D eigenvalue weighted by molar-refractivity contribution is 0.174. The maximum atomic E-state index is 5.94. The van der Waals surface area contributed by atoms with Crippen molar-refractivity contribution in [2.45, 2.75) is 13.1 Å². The lowest BCUT2D eigenvalue weighted by Crippen LogP contribution is -2.51. The summed E-state index contributed by atoms with van der Waals surface area (Å²) in [6.07, 6.45) is 0. The normalized spacial score (nSPS) is 15.3. The SMILES string of the molecule is S=C(NCc1ccccc1)N1CCN(Cc2ccc(Cl)cc2)CC1. The monoisotopic (exact) mass is 359 g/mol. The van der Waals surface area contributed by atoms with Gasteiger partial charge in [-0.2, -0.15) is 0 Å². The van der Waals surface area contributed by atoms with Crippen LogP contribution in [0.1, 0.15) is 11.1 Å². The molecule has 2 aromatic rings. The van der Waals surface area contributed by atoms with E-state index in [-0.39, 0.29) is 0 Å². The summed E-state index contributed by atoms with van der Waals surface area (Å²) in [5, 5.41) is 5.01. The van der Waals surface area contributed by atoms with Crippen molar-refractivity contribution in [3.8, 4) is 0 Å². The van der Waals surface area contributed by atoms with E-state index < -0.39 is 0 Å². The van der Waals surface area contributed by atoms with E-state index in [2.05, 4.69) is 51.5 Å². The molecule has 1 fully saturated rings. The molecule has 1 aliphatic rings. The van der Waals surface area contributed by atoms with Crippen LogP contribution in [0.5, 0.6) is 0 Å². The predicted molar refractivity (Wildman–Crippen MR) is 104 cm³/mol. The summed E-state index contributed by atoms with van der Waals surface area (Å²) < 4.78 is 0. The van der Waals surface area contributed by atoms with Gasteiger partial charge in [0.25, 0.3) is 0 Å². The number of nitrogens with zero attached hydrogens (tertiary/aromatic N) is 2. The first-order valence-electron chi connectivity index (χ1n) is 8.24. The Labute approximate surface area is 154 Å². The van der Waals surface area contributed by atoms with Gasteiger partial charge in [0.1, 0.15) is 0 Å². The van der Waals surface area contributed by atoms with E-state index in [9.17, 15) is 0 Å². The van der Waals surface area contributed by atoms with Crippen molar-refractivity contribution in [1.29, 1.82) is 0 Å². The van der Waals surface area contributed by atoms with Crippen molar-refractivity contribution in [3.05, 3.63) is 70.7 Å². The van der Waals surface area contributed by atoms with Gasteiger partial charge in [-0.25, -0.2) is 0 Å². The summed E-state index contributed by atoms with van der Waals surface area (Å²) in [6, 6.07) is 18.5. The fourth-order valence-corrected chi connectivity index (χ4v) is 3.22. The molecule has 1 heterocycles. The van der Waals surface area contributed by atoms with Crippen LogP contribution in [0.3, 0.4) is 0 Å². The number of rotatable bonds is 4. The van der Waals surface area contributed by atoms with Crippen molar-refractivity contribution in [3.63, 3.8) is 0 Å². The van der Waals surface area contributed by atoms with Gasteiger partial charge in [-0.3, -0.25) is 4.90 Å². The number of hydrogen-bond acceptors (Lipinski definition) is 2. The molecule has 0 spiro atoms. The maximum Gasteiger partial charge on any atom is 0.169 e. The second-order valence-electron chi connectivity index (χ2n) is 6.03. The van der Waals surface area contributed by atoms with Gasteiger partial charge >= 0.3 is 0 Å². The van der Waals surface area contributed by atoms with Crippen LogP contribution in [0.4, 0.5) is 0 Å². The van der Waals surface area contributed by atoms with Crippen LogP contribution >= 0.6 is 23.8 Å². The Hall–Kier alpha value is -1.62. The highest BCUT2D eigenvalue weighted by Gasteiger charge is 2.18. The fraction of sp³-hybridized carbons (Fsp3) is 0.316. The standard InChI is InChI=1S/C19H22ClN3S/c20-18-8-6-17(7-9-18)15-22-10-12-23(13-11-22)19(24)21-14-16-4-2-1-3-5-16/h1-9H,10-15H2,(H,21,24). The van der Waals surface area contributed by atoms with Crippen LogP contribution < -0.4 is 5.32 Å². The Morgan fingerprint density at radius 2 is 1.58 bits per heavy atom. The number of hydrogen-bond donors (Lipinski definition) is 1. The molecule has 0 unspecified atom stereocenters. The average Bonchev–Trinajstić information content (AvgIpc) is 2.63. The minimum absolute atomic E-state index is 0.782. The summed E-state index contributed by atoms with van der Waals surface area (Å²) in [4.78, 5) is 4.72. The smallest absolute Gasteiger partial charge is 0.169 e. The summed E-state index contributed by atoms with van der Waals surface area (Å²) >= 11 is 11.5. The summed E-state index contributed by atoms with van der Waals surface area (Å²) in [5.74, 6) is 0. The third-order valence-corrected chi connectivity index (χ3v) is 4.92. The zero-order valence-corrected chi connectivity index (χ0v) is 15.2. The first-order valence-corrected chi connectivity index (χ1v) is 9.03. The third kappa shape index (κ3) is 4.94. The zero-order chi connectivity index (χ0) is 16.8. The van der Waals surface area contributed by atoms with Crippen LogP contribution in [-0.2, 0) is 13.1 Å². The third-order valence-electron chi connectivity index (χ3n) is 4.27. The Balaban J connectivity index is 1.42. The molecule has 3 rings (SSSR count). The fourth-order valence-electron chi connectivity index (χ4n) is 2.84. The molecule has 0 saturated carbocycles. The summed E-state index contributed by atoms with van der Waals surface area (Å²) in [6.45, 7) is 5.73. The largest absolute Gasteiger partial charge is 0.358 e. The lowest BCUT2D eigenvalue weighted by Gasteiger charge is -2.36. The topological polar surface area (TPSA) is 18.5 Å². The highest BCUT2D eigenvalue weighted by Crippen LogP contribution is 2.13. The van der Waals surface area contributed by atoms with E-state index >= 15 is 0 Å². The van der Waals surface area contributed by atoms with E-state index in [0.717, 1.165) is 49.4 Å². The molecule has 0 amide bonds. The second-order valence-corrected chi connectivity index (χ2v) is 6.86. The lowest BCUT2D eigenvalue weighted by atomic mass is 10.2. The second kappa shape index (κ2) is 8.47. The Morgan fingerprint density at radius 3 is 2.25 bits per heavy atom. The minimum Gasteiger partial charge on any atom is -0.358 e. The van der Waals surface area contributed by atoms with Crippen LogP contribution in [0.2, 0.25) is 5.02 Å². The average molecular weight is 360 g/mol. The molecule has 2 aromatic carbocycles. The Morgan fingerprint density at radius 1 is 0.917 bits per heavy atom. The van der Waals surface area contributed by atoms with Crippen molar-refractivity contribution < 1.29 is 0 Å². The highest BCUT2D eigenvalue weighted by molar-refractivity contribution is 7.80. The van der Waals surface area contributed by atoms with Crippen LogP contribution in [-0.4, -0.2) is 41.1 Å². The summed E-state index contributed by atoms with van der Waals surface area (Å²) in [7, 11) is 0. The molecule has 5 heteroatoms. The number of piperazine rings is 1. The number of thiocarbonyl (C=S) groups is 1. The minimum atomic E-state index is 0.782. The molecule has 1 N–H and O–H groups in total. The predicted octanol–water partition coefficient (Wildman–Crippen LogP) is 3.53. The Bertz CT molecular complexity index is 652. The van der Waals surface area contributed by atoms with E-state index in [1.807, 2.05) is 18.2 Å². The van der Waals surface area contributed by atoms with Gasteiger partial charge in [0.05, 0.1) is 0 Å². The number of halogens is 1. The molecular formula is C19H22ClN3S. The molecule has 0 aromatic heterocycles. The van der Waals surface area contributed by atoms with Gasteiger partial charge in [0.2, 0.25) is 0 Å². The van der Waals surface area contributed by atoms with Gasteiger partial charge in [-0.1, -0.05) is 54.1 Å². The van der Waals surface area contributed by atoms with E-state index in [4.69, 9.17) is 23.8 Å². The molecule has 1 aliphatic heterocycles. The van der Waals surface area contributed by atoms with Crippen molar-refractivity contribution in [2.75, 3.05) is 26.2 Å². The molecule has 0 atom stereocenters. The van der Waals surface area contributed by atoms with E-state index in [1.165, 1.54) is 11.1 Å². The van der Waals surface area contributed by atoms with Crippen molar-refractivity contribution >= 4 is 28.9 Å². The molecule has 24 heavy (non-hydrogen) atoms. The first-order chi connectivity index (χ1) is 11.7. The highest BCUT2D eigenvalue weighted by atomic mass is 35.5. The van der Waals surface area contributed by atoms with E-state index in [1.54, 1.807) is 0 Å². The molecule has 0 aliphatic carbocycles. The van der Waals surface area contributed by atoms with Gasteiger partial charge in [0.15, 0.2) is 5.11 Å². The van der Waals surface area contributed by atoms with Gasteiger partial charge in [-0.05, 0) is 35.5 Å². The maximum absolute atomic E-state index is 5.94. The molecule has 0 radical (unpaired) electrons. The summed E-state index contributed by atoms with van der Waals surface area (Å²) in [5.41, 5.74) is 2.55. The van der Waals surface area contributed by atoms with Crippen molar-refractivity contribution in [2.24, 2.45) is 0 Å². The van der Waals surface area contributed by atoms with Gasteiger partial charge < -0.3 is 10.2 Å². The molecule has 1 saturated heterocycles. The van der Waals surface area contributed by atoms with Crippen molar-refractivity contribution in [1.82, 2.24) is 15.1 Å². The van der Waals surface area contributed by atoms with Crippen LogP contribution in [0, 0.1) is 0 Å². The molecule has 126 valence electrons. The molecule has 0 bridgehead atoms. The van der Waals surface area contributed by atoms with Crippen LogP contribution in [0.25, 0.3) is 0 Å². The van der Waals surface area contributed by atoms with E-state index in [0.29, 0.717) is 0 Å². The zero-order valence-electron chi connectivity index (χ0n) is 13.6.